The highest BCUT2D eigenvalue weighted by molar-refractivity contribution is 7.52. The van der Waals surface area contributed by atoms with Gasteiger partial charge in [0, 0.05) is 5.02 Å². The molecule has 2 N–H and O–H groups in total. The highest BCUT2D eigenvalue weighted by Crippen LogP contribution is 2.51. The van der Waals surface area contributed by atoms with Gasteiger partial charge >= 0.3 is 7.60 Å². The van der Waals surface area contributed by atoms with E-state index in [2.05, 4.69) is 0 Å². The van der Waals surface area contributed by atoms with Crippen molar-refractivity contribution in [3.05, 3.63) is 34.9 Å². The van der Waals surface area contributed by atoms with E-state index in [9.17, 15) is 4.57 Å². The average Bonchev–Trinajstić information content (AvgIpc) is 2.03. The number of benzene rings is 1. The van der Waals surface area contributed by atoms with E-state index in [-0.39, 0.29) is 0 Å². The summed E-state index contributed by atoms with van der Waals surface area (Å²) in [5, 5.41) is 0.557. The highest BCUT2D eigenvalue weighted by Gasteiger charge is 2.25. The second kappa shape index (κ2) is 3.81. The zero-order valence-corrected chi connectivity index (χ0v) is 8.66. The van der Waals surface area contributed by atoms with Crippen molar-refractivity contribution in [2.24, 2.45) is 0 Å². The van der Waals surface area contributed by atoms with Crippen molar-refractivity contribution < 1.29 is 14.4 Å². The van der Waals surface area contributed by atoms with Crippen LogP contribution >= 0.6 is 19.2 Å². The minimum absolute atomic E-state index is 0.557. The molecule has 0 aliphatic carbocycles. The number of hydrogen-bond donors (Lipinski definition) is 2. The van der Waals surface area contributed by atoms with E-state index < -0.39 is 13.3 Å². The van der Waals surface area contributed by atoms with E-state index in [1.165, 1.54) is 6.92 Å². The fourth-order valence-corrected chi connectivity index (χ4v) is 1.62. The smallest absolute Gasteiger partial charge is 0.324 e. The Morgan fingerprint density at radius 1 is 1.31 bits per heavy atom. The van der Waals surface area contributed by atoms with E-state index in [0.717, 1.165) is 0 Å². The molecule has 1 aromatic carbocycles. The van der Waals surface area contributed by atoms with Crippen LogP contribution in [-0.2, 0) is 4.57 Å². The molecular formula is C8H10ClO3P. The predicted molar refractivity (Wildman–Crippen MR) is 51.9 cm³/mol. The van der Waals surface area contributed by atoms with Gasteiger partial charge in [0.2, 0.25) is 0 Å². The largest absolute Gasteiger partial charge is 0.332 e. The van der Waals surface area contributed by atoms with Crippen molar-refractivity contribution in [2.75, 3.05) is 0 Å². The number of halogens is 1. The number of rotatable bonds is 2. The SMILES string of the molecule is C[C@H](c1ccc(Cl)cc1)P(=O)(O)O. The molecule has 13 heavy (non-hydrogen) atoms. The van der Waals surface area contributed by atoms with Crippen molar-refractivity contribution in [2.45, 2.75) is 12.6 Å². The Hall–Kier alpha value is -0.340. The first kappa shape index (κ1) is 10.7. The standard InChI is InChI=1S/C8H10ClO3P/c1-6(13(10,11)12)7-2-4-8(9)5-3-7/h2-6H,1H3,(H2,10,11,12)/t6-/m1/s1. The summed E-state index contributed by atoms with van der Waals surface area (Å²) in [5.74, 6) is 0. The van der Waals surface area contributed by atoms with Gasteiger partial charge in [0.25, 0.3) is 0 Å². The Bertz CT molecular complexity index is 330. The maximum atomic E-state index is 10.9. The Kier molecular flexibility index (Phi) is 3.14. The topological polar surface area (TPSA) is 57.5 Å². The molecular weight excluding hydrogens is 211 g/mol. The molecule has 0 aliphatic rings. The molecule has 0 saturated carbocycles. The minimum Gasteiger partial charge on any atom is -0.324 e. The molecule has 0 amide bonds. The van der Waals surface area contributed by atoms with Crippen LogP contribution < -0.4 is 0 Å². The lowest BCUT2D eigenvalue weighted by atomic mass is 10.2. The van der Waals surface area contributed by atoms with Crippen LogP contribution in [0.3, 0.4) is 0 Å². The lowest BCUT2D eigenvalue weighted by molar-refractivity contribution is 0.362. The highest BCUT2D eigenvalue weighted by atomic mass is 35.5. The van der Waals surface area contributed by atoms with E-state index in [1.54, 1.807) is 24.3 Å². The Balaban J connectivity index is 2.97. The normalized spacial score (nSPS) is 14.2. The first-order valence-corrected chi connectivity index (χ1v) is 5.78. The maximum absolute atomic E-state index is 10.9. The molecule has 0 heterocycles. The lowest BCUT2D eigenvalue weighted by Gasteiger charge is -2.13. The fraction of sp³-hybridized carbons (Fsp3) is 0.250. The molecule has 0 unspecified atom stereocenters. The lowest BCUT2D eigenvalue weighted by Crippen LogP contribution is -1.93. The summed E-state index contributed by atoms with van der Waals surface area (Å²) >= 11 is 5.64. The minimum atomic E-state index is -4.04. The van der Waals surface area contributed by atoms with Gasteiger partial charge in [-0.3, -0.25) is 4.57 Å². The van der Waals surface area contributed by atoms with Crippen molar-refractivity contribution in [3.8, 4) is 0 Å². The van der Waals surface area contributed by atoms with Crippen LogP contribution in [0.5, 0.6) is 0 Å². The van der Waals surface area contributed by atoms with Crippen LogP contribution in [-0.4, -0.2) is 9.79 Å². The summed E-state index contributed by atoms with van der Waals surface area (Å²) < 4.78 is 10.9. The van der Waals surface area contributed by atoms with Crippen LogP contribution in [0.15, 0.2) is 24.3 Å². The van der Waals surface area contributed by atoms with Gasteiger partial charge in [0.05, 0.1) is 5.66 Å². The Morgan fingerprint density at radius 3 is 2.15 bits per heavy atom. The summed E-state index contributed by atoms with van der Waals surface area (Å²) in [5.41, 5.74) is -0.178. The van der Waals surface area contributed by atoms with Gasteiger partial charge in [-0.15, -0.1) is 0 Å². The van der Waals surface area contributed by atoms with Crippen LogP contribution in [0.4, 0.5) is 0 Å². The van der Waals surface area contributed by atoms with Crippen LogP contribution in [0.1, 0.15) is 18.1 Å². The monoisotopic (exact) mass is 220 g/mol. The van der Waals surface area contributed by atoms with Gasteiger partial charge in [0.1, 0.15) is 0 Å². The molecule has 72 valence electrons. The molecule has 1 rings (SSSR count). The molecule has 3 nitrogen and oxygen atoms in total. The third-order valence-electron chi connectivity index (χ3n) is 1.86. The molecule has 5 heteroatoms. The van der Waals surface area contributed by atoms with E-state index in [0.29, 0.717) is 10.6 Å². The van der Waals surface area contributed by atoms with Gasteiger partial charge in [-0.1, -0.05) is 23.7 Å². The van der Waals surface area contributed by atoms with Gasteiger partial charge in [-0.25, -0.2) is 0 Å². The van der Waals surface area contributed by atoms with Crippen molar-refractivity contribution in [1.29, 1.82) is 0 Å². The van der Waals surface area contributed by atoms with Gasteiger partial charge in [-0.05, 0) is 24.6 Å². The Morgan fingerprint density at radius 2 is 1.77 bits per heavy atom. The molecule has 0 fully saturated rings. The quantitative estimate of drug-likeness (QED) is 0.753. The van der Waals surface area contributed by atoms with Gasteiger partial charge in [0.15, 0.2) is 0 Å². The van der Waals surface area contributed by atoms with Crippen LogP contribution in [0, 0.1) is 0 Å². The summed E-state index contributed by atoms with van der Waals surface area (Å²) in [6.07, 6.45) is 0. The molecule has 0 aromatic heterocycles. The van der Waals surface area contributed by atoms with E-state index in [4.69, 9.17) is 21.4 Å². The summed E-state index contributed by atoms with van der Waals surface area (Å²) in [6, 6.07) is 6.46. The van der Waals surface area contributed by atoms with Crippen molar-refractivity contribution >= 4 is 19.2 Å². The van der Waals surface area contributed by atoms with E-state index in [1.807, 2.05) is 0 Å². The zero-order valence-electron chi connectivity index (χ0n) is 7.01. The zero-order chi connectivity index (χ0) is 10.1. The second-order valence-electron chi connectivity index (χ2n) is 2.82. The summed E-state index contributed by atoms with van der Waals surface area (Å²) in [6.45, 7) is 1.49. The molecule has 0 radical (unpaired) electrons. The van der Waals surface area contributed by atoms with Crippen molar-refractivity contribution in [3.63, 3.8) is 0 Å². The molecule has 1 atom stereocenters. The summed E-state index contributed by atoms with van der Waals surface area (Å²) in [4.78, 5) is 17.8. The van der Waals surface area contributed by atoms with E-state index >= 15 is 0 Å². The molecule has 0 aliphatic heterocycles. The maximum Gasteiger partial charge on any atom is 0.332 e. The van der Waals surface area contributed by atoms with Gasteiger partial charge in [-0.2, -0.15) is 0 Å². The number of hydrogen-bond acceptors (Lipinski definition) is 1. The first-order chi connectivity index (χ1) is 5.91. The van der Waals surface area contributed by atoms with Crippen molar-refractivity contribution in [1.82, 2.24) is 0 Å². The fourth-order valence-electron chi connectivity index (χ4n) is 0.935. The molecule has 0 spiro atoms. The Labute approximate surface area is 81.5 Å². The predicted octanol–water partition coefficient (Wildman–Crippen LogP) is 2.58. The molecule has 0 saturated heterocycles. The van der Waals surface area contributed by atoms with Gasteiger partial charge < -0.3 is 9.79 Å². The molecule has 0 bridgehead atoms. The van der Waals surface area contributed by atoms with Crippen LogP contribution in [0.2, 0.25) is 5.02 Å². The second-order valence-corrected chi connectivity index (χ2v) is 5.21. The average molecular weight is 221 g/mol. The summed E-state index contributed by atoms with van der Waals surface area (Å²) in [7, 11) is -4.04. The molecule has 1 aromatic rings. The first-order valence-electron chi connectivity index (χ1n) is 3.72. The third-order valence-corrected chi connectivity index (χ3v) is 3.42. The van der Waals surface area contributed by atoms with Crippen LogP contribution in [0.25, 0.3) is 0 Å². The third kappa shape index (κ3) is 2.82.